The number of nitrogens with zero attached hydrogens (tertiary/aromatic N) is 5. The molecule has 0 radical (unpaired) electrons. The smallest absolute Gasteiger partial charge is 0.342 e. The third-order valence-electron chi connectivity index (χ3n) is 6.70. The van der Waals surface area contributed by atoms with Crippen molar-refractivity contribution in [3.05, 3.63) is 77.1 Å². The van der Waals surface area contributed by atoms with Crippen molar-refractivity contribution in [2.45, 2.75) is 56.2 Å². The molecule has 1 saturated heterocycles. The van der Waals surface area contributed by atoms with Crippen molar-refractivity contribution in [1.82, 2.24) is 30.2 Å². The van der Waals surface area contributed by atoms with E-state index in [1.165, 1.54) is 0 Å². The number of benzene rings is 1. The van der Waals surface area contributed by atoms with Crippen LogP contribution in [0.1, 0.15) is 53.7 Å². The SMILES string of the molecule is O=C(NC(c1ccccc1)c1ccc(C2CC2)c(F)n1)C1CC(F)CN1C(=O)Cn1nncc1C(F)(F)F. The van der Waals surface area contributed by atoms with E-state index >= 15 is 0 Å². The number of amides is 2. The number of halogens is 5. The number of alkyl halides is 4. The van der Waals surface area contributed by atoms with E-state index in [4.69, 9.17) is 0 Å². The molecule has 3 heterocycles. The van der Waals surface area contributed by atoms with Crippen LogP contribution in [0, 0.1) is 5.95 Å². The minimum atomic E-state index is -4.80. The molecule has 13 heteroatoms. The molecule has 1 aliphatic carbocycles. The van der Waals surface area contributed by atoms with Gasteiger partial charge in [0.05, 0.1) is 24.5 Å². The Labute approximate surface area is 213 Å². The van der Waals surface area contributed by atoms with Crippen LogP contribution in [0.25, 0.3) is 0 Å². The van der Waals surface area contributed by atoms with Crippen LogP contribution < -0.4 is 5.32 Å². The van der Waals surface area contributed by atoms with Gasteiger partial charge in [-0.1, -0.05) is 41.6 Å². The molecule has 1 saturated carbocycles. The van der Waals surface area contributed by atoms with Gasteiger partial charge < -0.3 is 10.2 Å². The van der Waals surface area contributed by atoms with Gasteiger partial charge in [-0.05, 0) is 30.4 Å². The molecule has 0 spiro atoms. The average molecular weight is 534 g/mol. The molecule has 3 atom stereocenters. The largest absolute Gasteiger partial charge is 0.434 e. The van der Waals surface area contributed by atoms with E-state index in [2.05, 4.69) is 20.6 Å². The Hall–Kier alpha value is -3.90. The first-order valence-corrected chi connectivity index (χ1v) is 12.0. The lowest BCUT2D eigenvalue weighted by Gasteiger charge is -2.27. The third-order valence-corrected chi connectivity index (χ3v) is 6.70. The summed E-state index contributed by atoms with van der Waals surface area (Å²) in [4.78, 5) is 31.2. The lowest BCUT2D eigenvalue weighted by molar-refractivity contribution is -0.147. The molecule has 8 nitrogen and oxygen atoms in total. The molecule has 3 unspecified atom stereocenters. The second kappa shape index (κ2) is 10.1. The molecule has 2 amide bonds. The average Bonchev–Trinajstić information content (AvgIpc) is 3.46. The number of carbonyl (C=O) groups excluding carboxylic acids is 2. The van der Waals surface area contributed by atoms with E-state index in [0.717, 1.165) is 17.7 Å². The summed E-state index contributed by atoms with van der Waals surface area (Å²) in [5.74, 6) is -2.16. The van der Waals surface area contributed by atoms with Crippen LogP contribution >= 0.6 is 0 Å². The van der Waals surface area contributed by atoms with E-state index in [1.807, 2.05) is 0 Å². The van der Waals surface area contributed by atoms with Gasteiger partial charge >= 0.3 is 6.18 Å². The Morgan fingerprint density at radius 3 is 2.50 bits per heavy atom. The molecule has 3 aromatic rings. The summed E-state index contributed by atoms with van der Waals surface area (Å²) >= 11 is 0. The van der Waals surface area contributed by atoms with Gasteiger partial charge in [0.2, 0.25) is 17.8 Å². The Morgan fingerprint density at radius 2 is 1.84 bits per heavy atom. The number of carbonyl (C=O) groups is 2. The summed E-state index contributed by atoms with van der Waals surface area (Å²) in [5.41, 5.74) is 0.0642. The van der Waals surface area contributed by atoms with E-state index < -0.39 is 61.0 Å². The molecule has 1 N–H and O–H groups in total. The molecular weight excluding hydrogens is 511 g/mol. The third kappa shape index (κ3) is 5.36. The van der Waals surface area contributed by atoms with Crippen LogP contribution in [0.15, 0.2) is 48.7 Å². The van der Waals surface area contributed by atoms with Gasteiger partial charge in [0, 0.05) is 12.0 Å². The summed E-state index contributed by atoms with van der Waals surface area (Å²) in [7, 11) is 0. The normalized spacial score (nSPS) is 20.4. The van der Waals surface area contributed by atoms with Crippen molar-refractivity contribution in [3.63, 3.8) is 0 Å². The number of hydrogen-bond acceptors (Lipinski definition) is 5. The van der Waals surface area contributed by atoms with Gasteiger partial charge in [-0.3, -0.25) is 9.59 Å². The summed E-state index contributed by atoms with van der Waals surface area (Å²) in [6.45, 7) is -1.34. The van der Waals surface area contributed by atoms with Gasteiger partial charge in [0.25, 0.3) is 0 Å². The van der Waals surface area contributed by atoms with E-state index in [0.29, 0.717) is 22.0 Å². The maximum Gasteiger partial charge on any atom is 0.434 e. The molecule has 1 aromatic carbocycles. The standard InChI is InChI=1S/C25H23F5N6O2/c26-16-10-19(35(12-16)21(37)13-36-20(11-31-34-36)25(28,29)30)24(38)33-22(15-4-2-1-3-5-15)18-9-8-17(14-6-7-14)23(27)32-18/h1-5,8-9,11,14,16,19,22H,6-7,10,12-13H2,(H,33,38). The van der Waals surface area contributed by atoms with Crippen LogP contribution in [0.3, 0.4) is 0 Å². The quantitative estimate of drug-likeness (QED) is 0.370. The Morgan fingerprint density at radius 1 is 1.11 bits per heavy atom. The highest BCUT2D eigenvalue weighted by Gasteiger charge is 2.42. The van der Waals surface area contributed by atoms with Crippen LogP contribution in [0.4, 0.5) is 22.0 Å². The van der Waals surface area contributed by atoms with Crippen LogP contribution in [0.5, 0.6) is 0 Å². The van der Waals surface area contributed by atoms with Crippen LogP contribution in [-0.2, 0) is 22.3 Å². The van der Waals surface area contributed by atoms with E-state index in [-0.39, 0.29) is 18.0 Å². The number of nitrogens with one attached hydrogen (secondary N) is 1. The maximum absolute atomic E-state index is 14.8. The summed E-state index contributed by atoms with van der Waals surface area (Å²) in [5, 5.41) is 9.25. The summed E-state index contributed by atoms with van der Waals surface area (Å²) in [6.07, 6.45) is -4.46. The molecule has 2 aromatic heterocycles. The fourth-order valence-electron chi connectivity index (χ4n) is 4.65. The number of aromatic nitrogens is 4. The van der Waals surface area contributed by atoms with Crippen molar-refractivity contribution < 1.29 is 31.5 Å². The van der Waals surface area contributed by atoms with E-state index in [9.17, 15) is 31.5 Å². The van der Waals surface area contributed by atoms with E-state index in [1.54, 1.807) is 42.5 Å². The number of rotatable bonds is 7. The zero-order valence-electron chi connectivity index (χ0n) is 19.9. The van der Waals surface area contributed by atoms with Crippen molar-refractivity contribution in [1.29, 1.82) is 0 Å². The Kier molecular flexibility index (Phi) is 6.84. The second-order valence-electron chi connectivity index (χ2n) is 9.41. The molecule has 200 valence electrons. The number of likely N-dealkylation sites (tertiary alicyclic amines) is 1. The fourth-order valence-corrected chi connectivity index (χ4v) is 4.65. The highest BCUT2D eigenvalue weighted by Crippen LogP contribution is 2.41. The molecular formula is C25H23F5N6O2. The monoisotopic (exact) mass is 534 g/mol. The second-order valence-corrected chi connectivity index (χ2v) is 9.41. The molecule has 38 heavy (non-hydrogen) atoms. The zero-order chi connectivity index (χ0) is 27.0. The fraction of sp³-hybridized carbons (Fsp3) is 0.400. The van der Waals surface area contributed by atoms with Crippen molar-refractivity contribution in [2.75, 3.05) is 6.54 Å². The Bertz CT molecular complexity index is 1330. The Balaban J connectivity index is 1.37. The van der Waals surface area contributed by atoms with Crippen molar-refractivity contribution in [3.8, 4) is 0 Å². The number of hydrogen-bond donors (Lipinski definition) is 1. The minimum absolute atomic E-state index is 0.128. The summed E-state index contributed by atoms with van der Waals surface area (Å²) < 4.78 is 69.0. The van der Waals surface area contributed by atoms with Crippen LogP contribution in [0.2, 0.25) is 0 Å². The lowest BCUT2D eigenvalue weighted by atomic mass is 10.0. The first kappa shape index (κ1) is 25.7. The van der Waals surface area contributed by atoms with Gasteiger partial charge in [-0.15, -0.1) is 5.10 Å². The molecule has 2 aliphatic rings. The van der Waals surface area contributed by atoms with Crippen molar-refractivity contribution >= 4 is 11.8 Å². The predicted octanol–water partition coefficient (Wildman–Crippen LogP) is 3.55. The first-order valence-electron chi connectivity index (χ1n) is 12.0. The van der Waals surface area contributed by atoms with Gasteiger partial charge in [-0.2, -0.15) is 17.6 Å². The highest BCUT2D eigenvalue weighted by atomic mass is 19.4. The zero-order valence-corrected chi connectivity index (χ0v) is 19.9. The topological polar surface area (TPSA) is 93.0 Å². The van der Waals surface area contributed by atoms with Gasteiger partial charge in [0.15, 0.2) is 5.69 Å². The molecule has 1 aliphatic heterocycles. The molecule has 5 rings (SSSR count). The molecule has 0 bridgehead atoms. The maximum atomic E-state index is 14.8. The first-order chi connectivity index (χ1) is 18.1. The van der Waals surface area contributed by atoms with Gasteiger partial charge in [0.1, 0.15) is 18.8 Å². The lowest BCUT2D eigenvalue weighted by Crippen LogP contribution is -2.48. The van der Waals surface area contributed by atoms with Gasteiger partial charge in [-0.25, -0.2) is 14.1 Å². The molecule has 2 fully saturated rings. The minimum Gasteiger partial charge on any atom is -0.342 e. The number of pyridine rings is 1. The van der Waals surface area contributed by atoms with Crippen molar-refractivity contribution in [2.24, 2.45) is 0 Å². The highest BCUT2D eigenvalue weighted by molar-refractivity contribution is 5.88. The summed E-state index contributed by atoms with van der Waals surface area (Å²) in [6, 6.07) is 9.68. The predicted molar refractivity (Wildman–Crippen MR) is 123 cm³/mol. The van der Waals surface area contributed by atoms with Crippen LogP contribution in [-0.4, -0.2) is 55.5 Å².